The maximum absolute atomic E-state index is 11.3. The van der Waals surface area contributed by atoms with Crippen molar-refractivity contribution in [3.8, 4) is 0 Å². The molecular weight excluding hydrogens is 284 g/mol. The molecule has 20 heavy (non-hydrogen) atoms. The molecule has 0 heterocycles. The van der Waals surface area contributed by atoms with Gasteiger partial charge in [-0.15, -0.1) is 20.2 Å². The third-order valence-electron chi connectivity index (χ3n) is 1.74. The minimum absolute atomic E-state index is 0.0250. The number of rotatable bonds is 12. The third-order valence-corrected chi connectivity index (χ3v) is 1.74. The smallest absolute Gasteiger partial charge is 0.306 e. The van der Waals surface area contributed by atoms with Crippen LogP contribution in [0, 0.1) is 20.2 Å². The number of ether oxygens (including phenoxy) is 2. The van der Waals surface area contributed by atoms with Crippen molar-refractivity contribution in [2.75, 3.05) is 19.8 Å². The first-order valence-corrected chi connectivity index (χ1v) is 5.25. The Morgan fingerprint density at radius 1 is 1.15 bits per heavy atom. The fourth-order valence-corrected chi connectivity index (χ4v) is 1.01. The molecule has 1 atom stereocenters. The van der Waals surface area contributed by atoms with Gasteiger partial charge in [0.15, 0.2) is 6.10 Å². The average Bonchev–Trinajstić information content (AvgIpc) is 2.37. The van der Waals surface area contributed by atoms with E-state index in [2.05, 4.69) is 14.4 Å². The van der Waals surface area contributed by atoms with Crippen LogP contribution in [-0.4, -0.2) is 48.5 Å². The summed E-state index contributed by atoms with van der Waals surface area (Å²) >= 11 is 0. The van der Waals surface area contributed by atoms with Crippen LogP contribution in [0.4, 0.5) is 0 Å². The molecule has 0 rings (SSSR count). The van der Waals surface area contributed by atoms with Gasteiger partial charge in [-0.05, 0) is 6.42 Å². The van der Waals surface area contributed by atoms with Gasteiger partial charge < -0.3 is 19.1 Å². The summed E-state index contributed by atoms with van der Waals surface area (Å²) in [6.45, 7) is -1.21. The Morgan fingerprint density at radius 2 is 1.80 bits per heavy atom. The first-order valence-electron chi connectivity index (χ1n) is 5.25. The van der Waals surface area contributed by atoms with Crippen LogP contribution in [0.3, 0.4) is 0 Å². The zero-order valence-corrected chi connectivity index (χ0v) is 10.2. The van der Waals surface area contributed by atoms with Gasteiger partial charge in [0.25, 0.3) is 16.6 Å². The van der Waals surface area contributed by atoms with E-state index in [1.165, 1.54) is 0 Å². The SMILES string of the molecule is O=COCC(CO[N+](=O)[O-])OC(=O)CCCO[N+](=O)[O-]. The molecule has 0 aliphatic rings. The fourth-order valence-electron chi connectivity index (χ4n) is 1.01. The second-order valence-corrected chi connectivity index (χ2v) is 3.22. The first-order chi connectivity index (χ1) is 9.45. The van der Waals surface area contributed by atoms with E-state index in [0.717, 1.165) is 0 Å². The van der Waals surface area contributed by atoms with Crippen molar-refractivity contribution in [3.63, 3.8) is 0 Å². The van der Waals surface area contributed by atoms with Crippen molar-refractivity contribution >= 4 is 12.4 Å². The molecule has 0 saturated carbocycles. The second-order valence-electron chi connectivity index (χ2n) is 3.22. The molecule has 12 nitrogen and oxygen atoms in total. The van der Waals surface area contributed by atoms with Gasteiger partial charge in [-0.25, -0.2) is 0 Å². The van der Waals surface area contributed by atoms with Gasteiger partial charge in [0, 0.05) is 6.42 Å². The van der Waals surface area contributed by atoms with Gasteiger partial charge in [0.2, 0.25) is 0 Å². The van der Waals surface area contributed by atoms with Gasteiger partial charge in [-0.2, -0.15) is 0 Å². The van der Waals surface area contributed by atoms with Gasteiger partial charge >= 0.3 is 5.97 Å². The lowest BCUT2D eigenvalue weighted by Crippen LogP contribution is -2.29. The Kier molecular flexibility index (Phi) is 8.91. The molecule has 0 amide bonds. The zero-order chi connectivity index (χ0) is 15.4. The van der Waals surface area contributed by atoms with Crippen molar-refractivity contribution in [2.24, 2.45) is 0 Å². The Hall–Kier alpha value is -2.66. The number of esters is 1. The molecule has 0 radical (unpaired) electrons. The van der Waals surface area contributed by atoms with Gasteiger partial charge in [-0.3, -0.25) is 9.59 Å². The van der Waals surface area contributed by atoms with Crippen molar-refractivity contribution in [3.05, 3.63) is 20.2 Å². The predicted molar refractivity (Wildman–Crippen MR) is 57.0 cm³/mol. The van der Waals surface area contributed by atoms with Crippen molar-refractivity contribution < 1.29 is 38.9 Å². The van der Waals surface area contributed by atoms with Gasteiger partial charge in [-0.1, -0.05) is 0 Å². The molecule has 0 spiro atoms. The highest BCUT2D eigenvalue weighted by atomic mass is 17.0. The van der Waals surface area contributed by atoms with Crippen molar-refractivity contribution in [1.82, 2.24) is 0 Å². The molecule has 0 saturated heterocycles. The maximum Gasteiger partial charge on any atom is 0.306 e. The van der Waals surface area contributed by atoms with Crippen LogP contribution < -0.4 is 0 Å². The number of carbonyl (C=O) groups is 2. The molecule has 12 heteroatoms. The lowest BCUT2D eigenvalue weighted by atomic mass is 10.3. The summed E-state index contributed by atoms with van der Waals surface area (Å²) in [5.74, 6) is -0.789. The summed E-state index contributed by atoms with van der Waals surface area (Å²) in [6.07, 6.45) is -1.32. The number of hydrogen-bond donors (Lipinski definition) is 0. The topological polar surface area (TPSA) is 157 Å². The van der Waals surface area contributed by atoms with Crippen LogP contribution in [0.2, 0.25) is 0 Å². The van der Waals surface area contributed by atoms with Crippen LogP contribution in [-0.2, 0) is 28.7 Å². The van der Waals surface area contributed by atoms with E-state index in [4.69, 9.17) is 4.74 Å². The monoisotopic (exact) mass is 296 g/mol. The summed E-state index contributed by atoms with van der Waals surface area (Å²) in [6, 6.07) is 0. The van der Waals surface area contributed by atoms with E-state index < -0.39 is 35.5 Å². The Morgan fingerprint density at radius 3 is 2.35 bits per heavy atom. The summed E-state index contributed by atoms with van der Waals surface area (Å²) < 4.78 is 9.04. The molecule has 0 aromatic carbocycles. The zero-order valence-electron chi connectivity index (χ0n) is 10.2. The molecule has 0 N–H and O–H groups in total. The summed E-state index contributed by atoms with van der Waals surface area (Å²) in [5.41, 5.74) is 0. The van der Waals surface area contributed by atoms with E-state index in [9.17, 15) is 29.8 Å². The van der Waals surface area contributed by atoms with Crippen LogP contribution in [0.1, 0.15) is 12.8 Å². The molecule has 0 aliphatic heterocycles. The van der Waals surface area contributed by atoms with Crippen LogP contribution in [0.5, 0.6) is 0 Å². The quantitative estimate of drug-likeness (QED) is 0.148. The largest absolute Gasteiger partial charge is 0.464 e. The second kappa shape index (κ2) is 10.3. The Bertz CT molecular complexity index is 346. The molecule has 1 unspecified atom stereocenters. The van der Waals surface area contributed by atoms with Gasteiger partial charge in [0.1, 0.15) is 13.2 Å². The molecule has 0 fully saturated rings. The molecule has 0 aliphatic carbocycles. The maximum atomic E-state index is 11.3. The number of nitrogens with zero attached hydrogens (tertiary/aromatic N) is 2. The van der Waals surface area contributed by atoms with Crippen LogP contribution >= 0.6 is 0 Å². The van der Waals surface area contributed by atoms with Crippen molar-refractivity contribution in [1.29, 1.82) is 0 Å². The van der Waals surface area contributed by atoms with Crippen LogP contribution in [0.15, 0.2) is 0 Å². The van der Waals surface area contributed by atoms with E-state index in [0.29, 0.717) is 0 Å². The van der Waals surface area contributed by atoms with Crippen LogP contribution in [0.25, 0.3) is 0 Å². The highest BCUT2D eigenvalue weighted by Gasteiger charge is 2.17. The molecular formula is C8H12N2O10. The Labute approximate surface area is 111 Å². The van der Waals surface area contributed by atoms with E-state index in [1.54, 1.807) is 0 Å². The summed E-state index contributed by atoms with van der Waals surface area (Å²) in [5, 5.41) is 17.7. The van der Waals surface area contributed by atoms with E-state index in [-0.39, 0.29) is 25.9 Å². The predicted octanol–water partition coefficient (Wildman–Crippen LogP) is -0.732. The minimum atomic E-state index is -1.14. The standard InChI is InChI=1S/C8H12N2O10/c11-6-17-4-7(5-19-10(15)16)20-8(12)2-1-3-18-9(13)14/h6-7H,1-5H2. The minimum Gasteiger partial charge on any atom is -0.464 e. The highest BCUT2D eigenvalue weighted by molar-refractivity contribution is 5.69. The van der Waals surface area contributed by atoms with Crippen molar-refractivity contribution in [2.45, 2.75) is 18.9 Å². The van der Waals surface area contributed by atoms with Gasteiger partial charge in [0.05, 0.1) is 6.61 Å². The summed E-state index contributed by atoms with van der Waals surface area (Å²) in [7, 11) is 0. The van der Waals surface area contributed by atoms with E-state index in [1.807, 2.05) is 0 Å². The first kappa shape index (κ1) is 17.3. The average molecular weight is 296 g/mol. The lowest BCUT2D eigenvalue weighted by Gasteiger charge is -2.15. The molecule has 114 valence electrons. The third kappa shape index (κ3) is 10.5. The normalized spacial score (nSPS) is 11.0. The van der Waals surface area contributed by atoms with E-state index >= 15 is 0 Å². The highest BCUT2D eigenvalue weighted by Crippen LogP contribution is 2.01. The Balaban J connectivity index is 3.99. The molecule has 0 aromatic rings. The molecule has 0 bridgehead atoms. The fraction of sp³-hybridized carbons (Fsp3) is 0.750. The summed E-state index contributed by atoms with van der Waals surface area (Å²) in [4.78, 5) is 49.1. The number of hydrogen-bond acceptors (Lipinski definition) is 10. The number of carbonyl (C=O) groups excluding carboxylic acids is 2. The lowest BCUT2D eigenvalue weighted by molar-refractivity contribution is -0.759. The molecule has 0 aromatic heterocycles.